The Labute approximate surface area is 134 Å². The number of halogens is 1. The van der Waals surface area contributed by atoms with Crippen LogP contribution in [0.15, 0.2) is 66.7 Å². The van der Waals surface area contributed by atoms with E-state index in [1.807, 2.05) is 54.6 Å². The fourth-order valence-electron chi connectivity index (χ4n) is 2.42. The van der Waals surface area contributed by atoms with Gasteiger partial charge in [0.2, 0.25) is 0 Å². The molecular weight excluding hydrogens is 298 g/mol. The van der Waals surface area contributed by atoms with E-state index in [-0.39, 0.29) is 0 Å². The van der Waals surface area contributed by atoms with E-state index in [2.05, 4.69) is 23.7 Å². The fraction of sp³-hybridized carbons (Fsp3) is 0.0556. The van der Waals surface area contributed by atoms with Crippen molar-refractivity contribution < 1.29 is 0 Å². The van der Waals surface area contributed by atoms with Gasteiger partial charge in [0.1, 0.15) is 0 Å². The van der Waals surface area contributed by atoms with Gasteiger partial charge < -0.3 is 4.57 Å². The molecule has 0 spiro atoms. The Bertz CT molecular complexity index is 820. The molecule has 21 heavy (non-hydrogen) atoms. The van der Waals surface area contributed by atoms with Crippen LogP contribution in [-0.4, -0.2) is 4.57 Å². The van der Waals surface area contributed by atoms with Crippen molar-refractivity contribution in [1.82, 2.24) is 4.57 Å². The van der Waals surface area contributed by atoms with E-state index in [0.29, 0.717) is 0 Å². The van der Waals surface area contributed by atoms with Crippen LogP contribution in [0.3, 0.4) is 0 Å². The zero-order valence-corrected chi connectivity index (χ0v) is 13.2. The van der Waals surface area contributed by atoms with Crippen LogP contribution in [-0.2, 0) is 7.05 Å². The molecule has 0 atom stereocenters. The molecule has 0 radical (unpaired) electrons. The van der Waals surface area contributed by atoms with Crippen LogP contribution in [0.4, 0.5) is 0 Å². The van der Waals surface area contributed by atoms with Crippen molar-refractivity contribution in [1.29, 1.82) is 0 Å². The third kappa shape index (κ3) is 2.92. The van der Waals surface area contributed by atoms with Crippen molar-refractivity contribution in [3.05, 3.63) is 76.3 Å². The molecule has 1 heterocycles. The molecule has 0 N–H and O–H groups in total. The summed E-state index contributed by atoms with van der Waals surface area (Å²) in [5, 5.41) is 0.735. The summed E-state index contributed by atoms with van der Waals surface area (Å²) in [7, 11) is 2.06. The molecule has 0 saturated carbocycles. The molecule has 0 bridgehead atoms. The molecule has 3 aromatic rings. The molecule has 0 saturated heterocycles. The van der Waals surface area contributed by atoms with Crippen molar-refractivity contribution in [3.8, 4) is 22.5 Å². The van der Waals surface area contributed by atoms with Crippen LogP contribution >= 0.6 is 23.8 Å². The van der Waals surface area contributed by atoms with Gasteiger partial charge >= 0.3 is 0 Å². The molecule has 0 aliphatic heterocycles. The Hall–Kier alpha value is -1.90. The standard InChI is InChI=1S/C18H14ClNS/c1-20-17(13-5-3-2-4-6-13)11-16(21)12-18(20)14-7-9-15(19)10-8-14/h2-12H,1H3. The maximum Gasteiger partial charge on any atom is 0.0496 e. The van der Waals surface area contributed by atoms with Crippen LogP contribution in [0.5, 0.6) is 0 Å². The summed E-state index contributed by atoms with van der Waals surface area (Å²) < 4.78 is 2.99. The molecule has 0 aliphatic carbocycles. The highest BCUT2D eigenvalue weighted by molar-refractivity contribution is 7.71. The minimum atomic E-state index is 0.735. The number of nitrogens with zero attached hydrogens (tertiary/aromatic N) is 1. The molecule has 104 valence electrons. The zero-order chi connectivity index (χ0) is 14.8. The van der Waals surface area contributed by atoms with Crippen molar-refractivity contribution in [2.45, 2.75) is 0 Å². The second-order valence-corrected chi connectivity index (χ2v) is 5.80. The topological polar surface area (TPSA) is 4.93 Å². The Kier molecular flexibility index (Phi) is 3.91. The van der Waals surface area contributed by atoms with Crippen molar-refractivity contribution in [2.75, 3.05) is 0 Å². The Morgan fingerprint density at radius 1 is 0.810 bits per heavy atom. The average Bonchev–Trinajstić information content (AvgIpc) is 2.51. The fourth-order valence-corrected chi connectivity index (χ4v) is 2.77. The van der Waals surface area contributed by atoms with E-state index in [9.17, 15) is 0 Å². The van der Waals surface area contributed by atoms with Crippen LogP contribution < -0.4 is 0 Å². The van der Waals surface area contributed by atoms with Gasteiger partial charge in [-0.05, 0) is 35.4 Å². The molecule has 1 aromatic heterocycles. The average molecular weight is 312 g/mol. The highest BCUT2D eigenvalue weighted by Crippen LogP contribution is 2.27. The lowest BCUT2D eigenvalue weighted by atomic mass is 10.1. The summed E-state index contributed by atoms with van der Waals surface area (Å²) in [5.41, 5.74) is 4.44. The molecule has 2 aromatic carbocycles. The van der Waals surface area contributed by atoms with E-state index < -0.39 is 0 Å². The van der Waals surface area contributed by atoms with Crippen LogP contribution in [0.1, 0.15) is 0 Å². The van der Waals surface area contributed by atoms with E-state index in [1.54, 1.807) is 0 Å². The lowest BCUT2D eigenvalue weighted by molar-refractivity contribution is 0.923. The van der Waals surface area contributed by atoms with Crippen LogP contribution in [0.2, 0.25) is 5.02 Å². The first kappa shape index (κ1) is 14.1. The van der Waals surface area contributed by atoms with Gasteiger partial charge in [0.15, 0.2) is 0 Å². The third-order valence-electron chi connectivity index (χ3n) is 3.49. The second kappa shape index (κ2) is 5.84. The van der Waals surface area contributed by atoms with Crippen molar-refractivity contribution in [3.63, 3.8) is 0 Å². The van der Waals surface area contributed by atoms with Crippen LogP contribution in [0, 0.1) is 4.51 Å². The van der Waals surface area contributed by atoms with Gasteiger partial charge in [0, 0.05) is 28.0 Å². The number of benzene rings is 2. The normalized spacial score (nSPS) is 10.6. The van der Waals surface area contributed by atoms with Crippen molar-refractivity contribution >= 4 is 23.8 Å². The largest absolute Gasteiger partial charge is 0.344 e. The molecule has 3 heteroatoms. The van der Waals surface area contributed by atoms with E-state index >= 15 is 0 Å². The summed E-state index contributed by atoms with van der Waals surface area (Å²) >= 11 is 11.4. The predicted octanol–water partition coefficient (Wildman–Crippen LogP) is 5.74. The highest BCUT2D eigenvalue weighted by Gasteiger charge is 2.07. The molecule has 0 amide bonds. The molecule has 0 unspecified atom stereocenters. The number of rotatable bonds is 2. The first-order valence-corrected chi connectivity index (χ1v) is 7.46. The van der Waals surface area contributed by atoms with E-state index in [4.69, 9.17) is 23.8 Å². The number of hydrogen-bond acceptors (Lipinski definition) is 1. The predicted molar refractivity (Wildman–Crippen MR) is 92.1 cm³/mol. The molecule has 0 aliphatic rings. The molecule has 3 rings (SSSR count). The lowest BCUT2D eigenvalue weighted by Crippen LogP contribution is -2.01. The first-order chi connectivity index (χ1) is 10.1. The minimum absolute atomic E-state index is 0.735. The number of hydrogen-bond donors (Lipinski definition) is 0. The van der Waals surface area contributed by atoms with E-state index in [0.717, 1.165) is 32.0 Å². The van der Waals surface area contributed by atoms with Crippen LogP contribution in [0.25, 0.3) is 22.5 Å². The second-order valence-electron chi connectivity index (χ2n) is 4.89. The summed E-state index contributed by atoms with van der Waals surface area (Å²) in [6.07, 6.45) is 0. The van der Waals surface area contributed by atoms with Gasteiger partial charge in [0.25, 0.3) is 0 Å². The monoisotopic (exact) mass is 311 g/mol. The summed E-state index contributed by atoms with van der Waals surface area (Å²) in [6, 6.07) is 22.1. The van der Waals surface area contributed by atoms with Gasteiger partial charge in [-0.1, -0.05) is 66.3 Å². The highest BCUT2D eigenvalue weighted by atomic mass is 35.5. The summed E-state index contributed by atoms with van der Waals surface area (Å²) in [6.45, 7) is 0. The minimum Gasteiger partial charge on any atom is -0.344 e. The summed E-state index contributed by atoms with van der Waals surface area (Å²) in [4.78, 5) is 0. The van der Waals surface area contributed by atoms with Gasteiger partial charge in [-0.3, -0.25) is 0 Å². The van der Waals surface area contributed by atoms with Gasteiger partial charge in [-0.15, -0.1) is 0 Å². The quantitative estimate of drug-likeness (QED) is 0.546. The molecule has 0 fully saturated rings. The summed E-state index contributed by atoms with van der Waals surface area (Å²) in [5.74, 6) is 0. The Morgan fingerprint density at radius 3 is 1.90 bits per heavy atom. The lowest BCUT2D eigenvalue weighted by Gasteiger charge is -2.15. The molecule has 1 nitrogen and oxygen atoms in total. The first-order valence-electron chi connectivity index (χ1n) is 6.67. The smallest absolute Gasteiger partial charge is 0.0496 e. The maximum atomic E-state index is 5.97. The van der Waals surface area contributed by atoms with Crippen molar-refractivity contribution in [2.24, 2.45) is 7.05 Å². The molecular formula is C18H14ClNS. The number of pyridine rings is 1. The zero-order valence-electron chi connectivity index (χ0n) is 11.6. The Balaban J connectivity index is 2.21. The number of aromatic nitrogens is 1. The third-order valence-corrected chi connectivity index (χ3v) is 3.98. The van der Waals surface area contributed by atoms with Gasteiger partial charge in [0.05, 0.1) is 0 Å². The maximum absolute atomic E-state index is 5.97. The van der Waals surface area contributed by atoms with E-state index in [1.165, 1.54) is 0 Å². The Morgan fingerprint density at radius 2 is 1.33 bits per heavy atom. The van der Waals surface area contributed by atoms with Gasteiger partial charge in [-0.2, -0.15) is 0 Å². The SMILES string of the molecule is Cn1c(-c2ccccc2)cc(=S)cc1-c1ccc(Cl)cc1. The van der Waals surface area contributed by atoms with Gasteiger partial charge in [-0.25, -0.2) is 0 Å².